The van der Waals surface area contributed by atoms with E-state index in [0.29, 0.717) is 33.5 Å². The standard InChI is InChI=1S/C17H17F3N4OS/c18-17(19,20)11-1-2-13-12(7-11)21-15(26-13)22-14-8-16(25-23-14)9-24-5-3-10(16)4-6-24/h1-2,7,10H,3-6,8-9H2,(H,21,22,23)/t16-/m0/s1. The van der Waals surface area contributed by atoms with Crippen LogP contribution in [-0.4, -0.2) is 41.0 Å². The molecule has 0 amide bonds. The van der Waals surface area contributed by atoms with Gasteiger partial charge < -0.3 is 10.2 Å². The number of rotatable bonds is 1. The van der Waals surface area contributed by atoms with Crippen LogP contribution in [0.3, 0.4) is 0 Å². The van der Waals surface area contributed by atoms with Crippen LogP contribution in [0.5, 0.6) is 0 Å². The average molecular weight is 382 g/mol. The molecule has 1 spiro atoms. The number of anilines is 1. The van der Waals surface area contributed by atoms with Gasteiger partial charge in [-0.3, -0.25) is 4.90 Å². The quantitative estimate of drug-likeness (QED) is 0.812. The summed E-state index contributed by atoms with van der Waals surface area (Å²) in [7, 11) is 0. The topological polar surface area (TPSA) is 49.8 Å². The molecule has 4 aliphatic rings. The zero-order chi connectivity index (χ0) is 17.9. The summed E-state index contributed by atoms with van der Waals surface area (Å²) in [5.41, 5.74) is -0.599. The van der Waals surface area contributed by atoms with Gasteiger partial charge in [-0.1, -0.05) is 16.5 Å². The molecule has 1 aromatic carbocycles. The Morgan fingerprint density at radius 1 is 1.27 bits per heavy atom. The smallest absolute Gasteiger partial charge is 0.386 e. The number of thiazole rings is 1. The van der Waals surface area contributed by atoms with Crippen molar-refractivity contribution in [2.24, 2.45) is 11.1 Å². The number of nitrogens with zero attached hydrogens (tertiary/aromatic N) is 3. The van der Waals surface area contributed by atoms with Crippen LogP contribution < -0.4 is 5.32 Å². The number of amidine groups is 1. The van der Waals surface area contributed by atoms with Crippen molar-refractivity contribution in [2.45, 2.75) is 31.0 Å². The summed E-state index contributed by atoms with van der Waals surface area (Å²) in [4.78, 5) is 12.6. The summed E-state index contributed by atoms with van der Waals surface area (Å²) < 4.78 is 39.2. The number of alkyl halides is 3. The Hall–Kier alpha value is -1.87. The predicted octanol–water partition coefficient (Wildman–Crippen LogP) is 3.93. The SMILES string of the molecule is FC(F)(F)c1ccc2sc(NC3=NO[C@@]4(C3)CN3CCC4CC3)nc2c1. The van der Waals surface area contributed by atoms with Gasteiger partial charge in [0, 0.05) is 12.5 Å². The van der Waals surface area contributed by atoms with E-state index in [0.717, 1.165) is 44.6 Å². The van der Waals surface area contributed by atoms with Crippen molar-refractivity contribution in [3.63, 3.8) is 0 Å². The van der Waals surface area contributed by atoms with Crippen LogP contribution in [0.4, 0.5) is 18.3 Å². The molecule has 5 heterocycles. The van der Waals surface area contributed by atoms with E-state index >= 15 is 0 Å². The first kappa shape index (κ1) is 16.3. The molecule has 3 saturated heterocycles. The molecule has 2 bridgehead atoms. The highest BCUT2D eigenvalue weighted by molar-refractivity contribution is 7.22. The van der Waals surface area contributed by atoms with Crippen molar-refractivity contribution in [1.82, 2.24) is 9.88 Å². The number of aromatic nitrogens is 1. The highest BCUT2D eigenvalue weighted by atomic mass is 32.1. The first-order chi connectivity index (χ1) is 12.4. The molecular formula is C17H17F3N4OS. The van der Waals surface area contributed by atoms with Crippen molar-refractivity contribution in [2.75, 3.05) is 25.0 Å². The van der Waals surface area contributed by atoms with Gasteiger partial charge in [0.05, 0.1) is 22.2 Å². The van der Waals surface area contributed by atoms with Crippen LogP contribution in [0.2, 0.25) is 0 Å². The number of nitrogens with one attached hydrogen (secondary N) is 1. The van der Waals surface area contributed by atoms with Gasteiger partial charge in [0.15, 0.2) is 16.6 Å². The molecule has 1 aromatic heterocycles. The Morgan fingerprint density at radius 2 is 2.08 bits per heavy atom. The first-order valence-electron chi connectivity index (χ1n) is 8.64. The lowest BCUT2D eigenvalue weighted by atomic mass is 9.73. The molecule has 6 rings (SSSR count). The summed E-state index contributed by atoms with van der Waals surface area (Å²) in [6.07, 6.45) is -1.41. The Bertz CT molecular complexity index is 888. The van der Waals surface area contributed by atoms with Crippen molar-refractivity contribution in [3.8, 4) is 0 Å². The highest BCUT2D eigenvalue weighted by Crippen LogP contribution is 2.43. The highest BCUT2D eigenvalue weighted by Gasteiger charge is 2.52. The second kappa shape index (κ2) is 5.56. The van der Waals surface area contributed by atoms with Gasteiger partial charge in [0.2, 0.25) is 0 Å². The van der Waals surface area contributed by atoms with Gasteiger partial charge in [-0.2, -0.15) is 13.2 Å². The molecule has 0 aliphatic carbocycles. The fraction of sp³-hybridized carbons (Fsp3) is 0.529. The summed E-state index contributed by atoms with van der Waals surface area (Å²) in [6, 6.07) is 3.63. The number of hydrogen-bond donors (Lipinski definition) is 1. The van der Waals surface area contributed by atoms with Gasteiger partial charge in [-0.15, -0.1) is 0 Å². The fourth-order valence-corrected chi connectivity index (χ4v) is 5.14. The van der Waals surface area contributed by atoms with E-state index < -0.39 is 11.7 Å². The summed E-state index contributed by atoms with van der Waals surface area (Å²) in [5, 5.41) is 7.91. The largest absolute Gasteiger partial charge is 0.416 e. The average Bonchev–Trinajstić information content (AvgIpc) is 3.18. The monoisotopic (exact) mass is 382 g/mol. The molecule has 9 heteroatoms. The molecular weight excluding hydrogens is 365 g/mol. The van der Waals surface area contributed by atoms with Gasteiger partial charge in [-0.25, -0.2) is 4.98 Å². The van der Waals surface area contributed by atoms with E-state index in [1.165, 1.54) is 17.4 Å². The van der Waals surface area contributed by atoms with Crippen molar-refractivity contribution in [3.05, 3.63) is 23.8 Å². The lowest BCUT2D eigenvalue weighted by molar-refractivity contribution is -0.137. The molecule has 1 atom stereocenters. The Kier molecular flexibility index (Phi) is 3.49. The van der Waals surface area contributed by atoms with Crippen LogP contribution in [0, 0.1) is 5.92 Å². The predicted molar refractivity (Wildman–Crippen MR) is 93.3 cm³/mol. The number of fused-ring (bicyclic) bond motifs is 3. The van der Waals surface area contributed by atoms with Crippen LogP contribution in [0.1, 0.15) is 24.8 Å². The Labute approximate surface area is 151 Å². The third-order valence-corrected chi connectivity index (χ3v) is 6.55. The van der Waals surface area contributed by atoms with E-state index in [-0.39, 0.29) is 5.60 Å². The maximum Gasteiger partial charge on any atom is 0.416 e. The van der Waals surface area contributed by atoms with Gasteiger partial charge in [0.25, 0.3) is 0 Å². The Morgan fingerprint density at radius 3 is 2.77 bits per heavy atom. The number of piperidine rings is 3. The molecule has 26 heavy (non-hydrogen) atoms. The number of hydrogen-bond acceptors (Lipinski definition) is 6. The molecule has 2 aromatic rings. The second-order valence-corrected chi connectivity index (χ2v) is 8.28. The minimum atomic E-state index is -4.36. The molecule has 3 fully saturated rings. The number of halogens is 3. The van der Waals surface area contributed by atoms with Crippen LogP contribution >= 0.6 is 11.3 Å². The minimum Gasteiger partial charge on any atom is -0.386 e. The van der Waals surface area contributed by atoms with E-state index in [4.69, 9.17) is 4.84 Å². The molecule has 4 aliphatic heterocycles. The maximum atomic E-state index is 12.8. The minimum absolute atomic E-state index is 0.251. The molecule has 0 unspecified atom stereocenters. The number of benzene rings is 1. The molecule has 1 N–H and O–H groups in total. The van der Waals surface area contributed by atoms with Gasteiger partial charge in [-0.05, 0) is 44.1 Å². The van der Waals surface area contributed by atoms with Crippen LogP contribution in [0.15, 0.2) is 23.4 Å². The second-order valence-electron chi connectivity index (χ2n) is 7.25. The molecule has 0 radical (unpaired) electrons. The van der Waals surface area contributed by atoms with E-state index in [1.54, 1.807) is 0 Å². The Balaban J connectivity index is 1.34. The zero-order valence-electron chi connectivity index (χ0n) is 13.8. The lowest BCUT2D eigenvalue weighted by Gasteiger charge is -2.49. The molecule has 138 valence electrons. The summed E-state index contributed by atoms with van der Waals surface area (Å²) in [6.45, 7) is 3.14. The van der Waals surface area contributed by atoms with Crippen molar-refractivity contribution < 1.29 is 18.0 Å². The van der Waals surface area contributed by atoms with Crippen LogP contribution in [-0.2, 0) is 11.0 Å². The van der Waals surface area contributed by atoms with Crippen LogP contribution in [0.25, 0.3) is 10.2 Å². The van der Waals surface area contributed by atoms with Crippen molar-refractivity contribution in [1.29, 1.82) is 0 Å². The van der Waals surface area contributed by atoms with Gasteiger partial charge >= 0.3 is 6.18 Å². The molecule has 0 saturated carbocycles. The lowest BCUT2D eigenvalue weighted by Crippen LogP contribution is -2.59. The fourth-order valence-electron chi connectivity index (χ4n) is 4.27. The zero-order valence-corrected chi connectivity index (χ0v) is 14.7. The summed E-state index contributed by atoms with van der Waals surface area (Å²) >= 11 is 1.32. The third kappa shape index (κ3) is 2.64. The maximum absolute atomic E-state index is 12.8. The van der Waals surface area contributed by atoms with E-state index in [9.17, 15) is 13.2 Å². The normalized spacial score (nSPS) is 30.7. The van der Waals surface area contributed by atoms with Crippen molar-refractivity contribution >= 4 is 32.5 Å². The third-order valence-electron chi connectivity index (χ3n) is 5.59. The molecule has 5 nitrogen and oxygen atoms in total. The van der Waals surface area contributed by atoms with Gasteiger partial charge in [0.1, 0.15) is 0 Å². The first-order valence-corrected chi connectivity index (χ1v) is 9.45. The van der Waals surface area contributed by atoms with E-state index in [2.05, 4.69) is 20.4 Å². The number of oxime groups is 1. The summed E-state index contributed by atoms with van der Waals surface area (Å²) in [5.74, 6) is 1.22. The van der Waals surface area contributed by atoms with E-state index in [1.807, 2.05) is 0 Å².